The lowest BCUT2D eigenvalue weighted by molar-refractivity contribution is -0.134. The van der Waals surface area contributed by atoms with Crippen LogP contribution < -0.4 is 5.73 Å². The number of ether oxygens (including phenoxy) is 2. The van der Waals surface area contributed by atoms with Gasteiger partial charge in [0.15, 0.2) is 6.23 Å². The highest BCUT2D eigenvalue weighted by Gasteiger charge is 2.53. The van der Waals surface area contributed by atoms with E-state index in [1.54, 1.807) is 13.1 Å². The molecule has 2 aromatic heterocycles. The molecule has 10 nitrogen and oxygen atoms in total. The first-order valence-corrected chi connectivity index (χ1v) is 8.26. The molecule has 0 unspecified atom stereocenters. The first kappa shape index (κ1) is 19.2. The summed E-state index contributed by atoms with van der Waals surface area (Å²) in [7, 11) is 1.27. The molecule has 10 heteroatoms. The van der Waals surface area contributed by atoms with Gasteiger partial charge in [-0.25, -0.2) is 14.8 Å². The summed E-state index contributed by atoms with van der Waals surface area (Å²) in [5, 5.41) is 30.9. The number of aliphatic hydroxyl groups excluding tert-OH is 2. The van der Waals surface area contributed by atoms with Crippen molar-refractivity contribution in [1.82, 2.24) is 14.5 Å². The molecule has 1 aliphatic heterocycles. The van der Waals surface area contributed by atoms with Crippen LogP contribution in [0.25, 0.3) is 16.6 Å². The summed E-state index contributed by atoms with van der Waals surface area (Å²) >= 11 is 0. The summed E-state index contributed by atoms with van der Waals surface area (Å²) in [5.41, 5.74) is 5.77. The SMILES string of the molecule is COC(=O)/C=C(\C)c1cn([C@@H]2O[C@H](CO)[C@@H](O)[C@@]2(C)O)c2ncnc(N)c12. The standard InChI is InChI=1S/C17H22N4O6/c1-8(4-11(23)26-3)9-5-21(15-12(9)14(18)19-7-20-15)16-17(2,25)13(24)10(6-22)27-16/h4-5,7,10,13,16,22,24-25H,6H2,1-3H3,(H2,18,19,20)/b8-4+/t10-,13-,16-,17-/m1/s1. The summed E-state index contributed by atoms with van der Waals surface area (Å²) in [5.74, 6) is -0.355. The Morgan fingerprint density at radius 1 is 1.52 bits per heavy atom. The zero-order valence-electron chi connectivity index (χ0n) is 15.2. The van der Waals surface area contributed by atoms with Gasteiger partial charge in [-0.05, 0) is 19.4 Å². The van der Waals surface area contributed by atoms with Crippen LogP contribution in [0.15, 0.2) is 18.6 Å². The molecule has 5 N–H and O–H groups in total. The molecule has 1 saturated heterocycles. The maximum absolute atomic E-state index is 11.6. The van der Waals surface area contributed by atoms with Crippen molar-refractivity contribution in [1.29, 1.82) is 0 Å². The molecule has 2 aromatic rings. The topological polar surface area (TPSA) is 153 Å². The summed E-state index contributed by atoms with van der Waals surface area (Å²) < 4.78 is 11.8. The van der Waals surface area contributed by atoms with Gasteiger partial charge in [-0.2, -0.15) is 0 Å². The first-order valence-electron chi connectivity index (χ1n) is 8.26. The minimum Gasteiger partial charge on any atom is -0.466 e. The van der Waals surface area contributed by atoms with Gasteiger partial charge in [0, 0.05) is 17.8 Å². The first-order chi connectivity index (χ1) is 12.7. The Labute approximate surface area is 154 Å². The van der Waals surface area contributed by atoms with E-state index in [-0.39, 0.29) is 5.82 Å². The van der Waals surface area contributed by atoms with Crippen LogP contribution in [0.1, 0.15) is 25.6 Å². The third-order valence-corrected chi connectivity index (χ3v) is 4.79. The van der Waals surface area contributed by atoms with Crippen LogP contribution in [-0.2, 0) is 14.3 Å². The third kappa shape index (κ3) is 3.06. The number of aliphatic hydroxyl groups is 3. The summed E-state index contributed by atoms with van der Waals surface area (Å²) in [6, 6.07) is 0. The molecule has 0 saturated carbocycles. The van der Waals surface area contributed by atoms with Crippen molar-refractivity contribution in [3.05, 3.63) is 24.2 Å². The summed E-state index contributed by atoms with van der Waals surface area (Å²) in [6.07, 6.45) is 0.860. The third-order valence-electron chi connectivity index (χ3n) is 4.79. The van der Waals surface area contributed by atoms with Gasteiger partial charge in [-0.3, -0.25) is 0 Å². The molecule has 0 aliphatic carbocycles. The van der Waals surface area contributed by atoms with E-state index in [9.17, 15) is 20.1 Å². The zero-order valence-corrected chi connectivity index (χ0v) is 15.2. The average molecular weight is 378 g/mol. The van der Waals surface area contributed by atoms with Gasteiger partial charge in [0.1, 0.15) is 35.6 Å². The Balaban J connectivity index is 2.20. The number of hydrogen-bond acceptors (Lipinski definition) is 9. The number of nitrogen functional groups attached to an aromatic ring is 1. The second-order valence-corrected chi connectivity index (χ2v) is 6.64. The molecule has 0 bridgehead atoms. The molecule has 0 amide bonds. The van der Waals surface area contributed by atoms with Crippen molar-refractivity contribution >= 4 is 28.4 Å². The Morgan fingerprint density at radius 2 is 2.22 bits per heavy atom. The number of fused-ring (bicyclic) bond motifs is 1. The molecule has 27 heavy (non-hydrogen) atoms. The second-order valence-electron chi connectivity index (χ2n) is 6.64. The van der Waals surface area contributed by atoms with E-state index in [2.05, 4.69) is 14.7 Å². The fourth-order valence-electron chi connectivity index (χ4n) is 3.29. The molecule has 146 valence electrons. The molecular weight excluding hydrogens is 356 g/mol. The average Bonchev–Trinajstić information content (AvgIpc) is 3.12. The van der Waals surface area contributed by atoms with Gasteiger partial charge >= 0.3 is 5.97 Å². The van der Waals surface area contributed by atoms with E-state index < -0.39 is 36.6 Å². The number of esters is 1. The lowest BCUT2D eigenvalue weighted by Crippen LogP contribution is -2.44. The van der Waals surface area contributed by atoms with Crippen molar-refractivity contribution in [2.75, 3.05) is 19.5 Å². The molecule has 1 fully saturated rings. The number of methoxy groups -OCH3 is 1. The van der Waals surface area contributed by atoms with Crippen molar-refractivity contribution in [2.24, 2.45) is 0 Å². The Hall–Kier alpha value is -2.53. The van der Waals surface area contributed by atoms with E-state index in [0.717, 1.165) is 0 Å². The summed E-state index contributed by atoms with van der Waals surface area (Å²) in [4.78, 5) is 19.8. The number of nitrogens with two attached hydrogens (primary N) is 1. The normalized spacial score (nSPS) is 28.7. The van der Waals surface area contributed by atoms with Crippen molar-refractivity contribution < 1.29 is 29.6 Å². The van der Waals surface area contributed by atoms with Crippen LogP contribution in [0, 0.1) is 0 Å². The lowest BCUT2D eigenvalue weighted by Gasteiger charge is -2.27. The van der Waals surface area contributed by atoms with Crippen molar-refractivity contribution in [2.45, 2.75) is 37.9 Å². The van der Waals surface area contributed by atoms with E-state index in [0.29, 0.717) is 22.2 Å². The molecule has 3 heterocycles. The molecular formula is C17H22N4O6. The number of rotatable bonds is 4. The van der Waals surface area contributed by atoms with Gasteiger partial charge < -0.3 is 35.1 Å². The monoisotopic (exact) mass is 378 g/mol. The minimum atomic E-state index is -1.70. The molecule has 4 atom stereocenters. The Morgan fingerprint density at radius 3 is 2.81 bits per heavy atom. The predicted molar refractivity (Wildman–Crippen MR) is 95.2 cm³/mol. The van der Waals surface area contributed by atoms with Crippen LogP contribution in [0.5, 0.6) is 0 Å². The predicted octanol–water partition coefficient (Wildman–Crippen LogP) is -0.409. The molecule has 3 rings (SSSR count). The summed E-state index contributed by atoms with van der Waals surface area (Å²) in [6.45, 7) is 2.64. The van der Waals surface area contributed by atoms with Crippen LogP contribution in [0.4, 0.5) is 5.82 Å². The minimum absolute atomic E-state index is 0.184. The van der Waals surface area contributed by atoms with E-state index in [1.165, 1.54) is 31.0 Å². The van der Waals surface area contributed by atoms with Gasteiger partial charge in [0.2, 0.25) is 0 Å². The van der Waals surface area contributed by atoms with Gasteiger partial charge in [-0.15, -0.1) is 0 Å². The number of nitrogens with zero attached hydrogens (tertiary/aromatic N) is 3. The highest BCUT2D eigenvalue weighted by atomic mass is 16.6. The fraction of sp³-hybridized carbons (Fsp3) is 0.471. The molecule has 0 aromatic carbocycles. The number of carbonyl (C=O) groups is 1. The van der Waals surface area contributed by atoms with Gasteiger partial charge in [0.25, 0.3) is 0 Å². The number of carbonyl (C=O) groups excluding carboxylic acids is 1. The molecule has 1 aliphatic rings. The van der Waals surface area contributed by atoms with Gasteiger partial charge in [-0.1, -0.05) is 0 Å². The van der Waals surface area contributed by atoms with Crippen LogP contribution >= 0.6 is 0 Å². The van der Waals surface area contributed by atoms with Crippen LogP contribution in [-0.4, -0.2) is 67.3 Å². The smallest absolute Gasteiger partial charge is 0.330 e. The van der Waals surface area contributed by atoms with E-state index in [1.807, 2.05) is 0 Å². The zero-order chi connectivity index (χ0) is 19.9. The van der Waals surface area contributed by atoms with E-state index in [4.69, 9.17) is 10.5 Å². The highest BCUT2D eigenvalue weighted by molar-refractivity contribution is 6.01. The van der Waals surface area contributed by atoms with Crippen LogP contribution in [0.3, 0.4) is 0 Å². The maximum Gasteiger partial charge on any atom is 0.330 e. The number of hydrogen-bond donors (Lipinski definition) is 4. The van der Waals surface area contributed by atoms with Crippen molar-refractivity contribution in [3.8, 4) is 0 Å². The fourth-order valence-corrected chi connectivity index (χ4v) is 3.29. The Kier molecular flexibility index (Phi) is 4.91. The number of aromatic nitrogens is 3. The second kappa shape index (κ2) is 6.89. The highest BCUT2D eigenvalue weighted by Crippen LogP contribution is 2.41. The molecule has 0 radical (unpaired) electrons. The Bertz CT molecular complexity index is 906. The van der Waals surface area contributed by atoms with Crippen molar-refractivity contribution in [3.63, 3.8) is 0 Å². The maximum atomic E-state index is 11.6. The van der Waals surface area contributed by atoms with Crippen LogP contribution in [0.2, 0.25) is 0 Å². The number of anilines is 1. The quantitative estimate of drug-likeness (QED) is 0.411. The van der Waals surface area contributed by atoms with Gasteiger partial charge in [0.05, 0.1) is 19.1 Å². The largest absolute Gasteiger partial charge is 0.466 e. The van der Waals surface area contributed by atoms with E-state index >= 15 is 0 Å². The number of allylic oxidation sites excluding steroid dienone is 1. The lowest BCUT2D eigenvalue weighted by atomic mass is 9.96. The molecule has 0 spiro atoms.